The third-order valence-corrected chi connectivity index (χ3v) is 3.70. The Balaban J connectivity index is 0.00000200. The summed E-state index contributed by atoms with van der Waals surface area (Å²) in [6, 6.07) is 4.07. The van der Waals surface area contributed by atoms with Crippen LogP contribution in [0.25, 0.3) is 0 Å². The van der Waals surface area contributed by atoms with Crippen LogP contribution in [0.1, 0.15) is 31.0 Å². The van der Waals surface area contributed by atoms with Crippen LogP contribution in [-0.4, -0.2) is 36.0 Å². The third kappa shape index (κ3) is 4.61. The lowest BCUT2D eigenvalue weighted by atomic mass is 10.0. The molecule has 0 radical (unpaired) electrons. The Bertz CT molecular complexity index is 447. The summed E-state index contributed by atoms with van der Waals surface area (Å²) in [5.41, 5.74) is 2.31. The van der Waals surface area contributed by atoms with Crippen LogP contribution in [-0.2, 0) is 6.54 Å². The molecule has 0 aliphatic carbocycles. The summed E-state index contributed by atoms with van der Waals surface area (Å²) in [5.74, 6) is 1.75. The molecule has 1 aromatic rings. The summed E-state index contributed by atoms with van der Waals surface area (Å²) in [6.07, 6.45) is 4.42. The van der Waals surface area contributed by atoms with Gasteiger partial charge in [-0.15, -0.1) is 24.0 Å². The zero-order chi connectivity index (χ0) is 13.7. The van der Waals surface area contributed by atoms with E-state index >= 15 is 0 Å². The Hall–Kier alpha value is -0.850. The Morgan fingerprint density at radius 1 is 1.55 bits per heavy atom. The van der Waals surface area contributed by atoms with E-state index in [2.05, 4.69) is 40.1 Å². The molecule has 112 valence electrons. The smallest absolute Gasteiger partial charge is 0.193 e. The van der Waals surface area contributed by atoms with Gasteiger partial charge in [0.05, 0.1) is 12.2 Å². The Labute approximate surface area is 139 Å². The van der Waals surface area contributed by atoms with Gasteiger partial charge in [0.15, 0.2) is 5.96 Å². The molecule has 0 aromatic carbocycles. The number of likely N-dealkylation sites (tertiary alicyclic amines) is 1. The summed E-state index contributed by atoms with van der Waals surface area (Å²) in [4.78, 5) is 11.2. The fourth-order valence-corrected chi connectivity index (χ4v) is 2.58. The van der Waals surface area contributed by atoms with Gasteiger partial charge >= 0.3 is 0 Å². The van der Waals surface area contributed by atoms with Gasteiger partial charge < -0.3 is 10.2 Å². The van der Waals surface area contributed by atoms with Crippen molar-refractivity contribution in [3.63, 3.8) is 0 Å². The van der Waals surface area contributed by atoms with E-state index < -0.39 is 0 Å². The highest BCUT2D eigenvalue weighted by atomic mass is 127. The number of piperidine rings is 1. The van der Waals surface area contributed by atoms with Crippen LogP contribution in [0.4, 0.5) is 0 Å². The van der Waals surface area contributed by atoms with Crippen LogP contribution >= 0.6 is 24.0 Å². The van der Waals surface area contributed by atoms with Crippen LogP contribution in [0, 0.1) is 12.8 Å². The van der Waals surface area contributed by atoms with Crippen molar-refractivity contribution in [3.8, 4) is 0 Å². The van der Waals surface area contributed by atoms with Gasteiger partial charge in [-0.25, -0.2) is 0 Å². The number of pyridine rings is 1. The minimum absolute atomic E-state index is 0. The second kappa shape index (κ2) is 8.44. The Morgan fingerprint density at radius 2 is 2.35 bits per heavy atom. The van der Waals surface area contributed by atoms with E-state index in [0.717, 1.165) is 37.2 Å². The standard InChI is InChI=1S/C15H24N4.HI/c1-12-6-5-9-19(11-12)15(16-3)18-10-14-13(2)7-4-8-17-14;/h4,7-8,12H,5-6,9-11H2,1-3H3,(H,16,18);1H. The monoisotopic (exact) mass is 388 g/mol. The van der Waals surface area contributed by atoms with Gasteiger partial charge in [-0.1, -0.05) is 13.0 Å². The molecule has 0 bridgehead atoms. The molecular formula is C15H25IN4. The molecule has 2 heterocycles. The summed E-state index contributed by atoms with van der Waals surface area (Å²) in [6.45, 7) is 7.34. The highest BCUT2D eigenvalue weighted by Crippen LogP contribution is 2.15. The van der Waals surface area contributed by atoms with Gasteiger partial charge in [0.1, 0.15) is 0 Å². The fraction of sp³-hybridized carbons (Fsp3) is 0.600. The van der Waals surface area contributed by atoms with Crippen molar-refractivity contribution in [1.29, 1.82) is 0 Å². The van der Waals surface area contributed by atoms with Crippen LogP contribution in [0.15, 0.2) is 23.3 Å². The van der Waals surface area contributed by atoms with E-state index in [0.29, 0.717) is 0 Å². The van der Waals surface area contributed by atoms with Crippen molar-refractivity contribution >= 4 is 29.9 Å². The molecule has 2 rings (SSSR count). The van der Waals surface area contributed by atoms with E-state index in [1.54, 1.807) is 0 Å². The second-order valence-corrected chi connectivity index (χ2v) is 5.36. The molecule has 1 fully saturated rings. The number of rotatable bonds is 2. The second-order valence-electron chi connectivity index (χ2n) is 5.36. The molecular weight excluding hydrogens is 363 g/mol. The predicted molar refractivity (Wildman–Crippen MR) is 94.6 cm³/mol. The normalized spacial score (nSPS) is 19.4. The van der Waals surface area contributed by atoms with Gasteiger partial charge in [-0.05, 0) is 37.3 Å². The topological polar surface area (TPSA) is 40.5 Å². The van der Waals surface area contributed by atoms with E-state index in [1.165, 1.54) is 18.4 Å². The molecule has 5 heteroatoms. The van der Waals surface area contributed by atoms with Gasteiger partial charge in [-0.2, -0.15) is 0 Å². The summed E-state index contributed by atoms with van der Waals surface area (Å²) in [7, 11) is 1.85. The predicted octanol–water partition coefficient (Wildman–Crippen LogP) is 2.82. The zero-order valence-electron chi connectivity index (χ0n) is 12.6. The molecule has 0 amide bonds. The average Bonchev–Trinajstić information content (AvgIpc) is 2.41. The van der Waals surface area contributed by atoms with Crippen LogP contribution in [0.5, 0.6) is 0 Å². The Kier molecular flexibility index (Phi) is 7.26. The zero-order valence-corrected chi connectivity index (χ0v) is 14.9. The van der Waals surface area contributed by atoms with Crippen molar-refractivity contribution in [2.75, 3.05) is 20.1 Å². The number of hydrogen-bond acceptors (Lipinski definition) is 2. The fourth-order valence-electron chi connectivity index (χ4n) is 2.58. The number of halogens is 1. The third-order valence-electron chi connectivity index (χ3n) is 3.70. The lowest BCUT2D eigenvalue weighted by Crippen LogP contribution is -2.46. The number of guanidine groups is 1. The minimum atomic E-state index is 0. The first-order valence-electron chi connectivity index (χ1n) is 7.06. The number of aryl methyl sites for hydroxylation is 1. The quantitative estimate of drug-likeness (QED) is 0.481. The molecule has 1 saturated heterocycles. The highest BCUT2D eigenvalue weighted by Gasteiger charge is 2.19. The summed E-state index contributed by atoms with van der Waals surface area (Å²) in [5, 5.41) is 3.43. The van der Waals surface area contributed by atoms with Crippen LogP contribution < -0.4 is 5.32 Å². The maximum atomic E-state index is 4.41. The molecule has 1 unspecified atom stereocenters. The first-order chi connectivity index (χ1) is 9.20. The number of hydrogen-bond donors (Lipinski definition) is 1. The first kappa shape index (κ1) is 17.2. The molecule has 4 nitrogen and oxygen atoms in total. The van der Waals surface area contributed by atoms with E-state index in [-0.39, 0.29) is 24.0 Å². The molecule has 0 spiro atoms. The van der Waals surface area contributed by atoms with E-state index in [4.69, 9.17) is 0 Å². The van der Waals surface area contributed by atoms with Gasteiger partial charge in [0.25, 0.3) is 0 Å². The van der Waals surface area contributed by atoms with Crippen molar-refractivity contribution in [2.24, 2.45) is 10.9 Å². The molecule has 1 N–H and O–H groups in total. The van der Waals surface area contributed by atoms with Crippen molar-refractivity contribution < 1.29 is 0 Å². The first-order valence-corrected chi connectivity index (χ1v) is 7.06. The number of nitrogens with one attached hydrogen (secondary N) is 1. The number of aliphatic imine (C=N–C) groups is 1. The lowest BCUT2D eigenvalue weighted by Gasteiger charge is -2.33. The largest absolute Gasteiger partial charge is 0.351 e. The Morgan fingerprint density at radius 3 is 3.00 bits per heavy atom. The molecule has 1 aliphatic heterocycles. The lowest BCUT2D eigenvalue weighted by molar-refractivity contribution is 0.266. The van der Waals surface area contributed by atoms with E-state index in [1.807, 2.05) is 19.3 Å². The van der Waals surface area contributed by atoms with Gasteiger partial charge in [0.2, 0.25) is 0 Å². The van der Waals surface area contributed by atoms with E-state index in [9.17, 15) is 0 Å². The maximum Gasteiger partial charge on any atom is 0.193 e. The van der Waals surface area contributed by atoms with Crippen LogP contribution in [0.3, 0.4) is 0 Å². The molecule has 0 saturated carbocycles. The maximum absolute atomic E-state index is 4.41. The van der Waals surface area contributed by atoms with Crippen molar-refractivity contribution in [3.05, 3.63) is 29.6 Å². The highest BCUT2D eigenvalue weighted by molar-refractivity contribution is 14.0. The van der Waals surface area contributed by atoms with Crippen LogP contribution in [0.2, 0.25) is 0 Å². The minimum Gasteiger partial charge on any atom is -0.351 e. The number of aromatic nitrogens is 1. The molecule has 1 aromatic heterocycles. The molecule has 1 atom stereocenters. The summed E-state index contributed by atoms with van der Waals surface area (Å²) < 4.78 is 0. The van der Waals surface area contributed by atoms with Crippen molar-refractivity contribution in [1.82, 2.24) is 15.2 Å². The summed E-state index contributed by atoms with van der Waals surface area (Å²) >= 11 is 0. The molecule has 1 aliphatic rings. The van der Waals surface area contributed by atoms with Gasteiger partial charge in [0, 0.05) is 26.3 Å². The van der Waals surface area contributed by atoms with Gasteiger partial charge in [-0.3, -0.25) is 9.98 Å². The average molecular weight is 388 g/mol. The molecule has 20 heavy (non-hydrogen) atoms. The van der Waals surface area contributed by atoms with Crippen molar-refractivity contribution in [2.45, 2.75) is 33.2 Å². The SMILES string of the molecule is CN=C(NCc1ncccc1C)N1CCCC(C)C1.I. The number of nitrogens with zero attached hydrogens (tertiary/aromatic N) is 3.